The second kappa shape index (κ2) is 7.67. The number of nitrogens with two attached hydrogens (primary N) is 1. The molecule has 1 atom stereocenters. The van der Waals surface area contributed by atoms with E-state index >= 15 is 0 Å². The van der Waals surface area contributed by atoms with E-state index in [1.807, 2.05) is 29.9 Å². The molecule has 1 aromatic carbocycles. The van der Waals surface area contributed by atoms with Gasteiger partial charge >= 0.3 is 0 Å². The first kappa shape index (κ1) is 18.0. The summed E-state index contributed by atoms with van der Waals surface area (Å²) in [6.45, 7) is 7.25. The maximum absolute atomic E-state index is 12.5. The highest BCUT2D eigenvalue weighted by molar-refractivity contribution is 6.06. The molecule has 3 aromatic rings. The Hall–Kier alpha value is -2.42. The minimum absolute atomic E-state index is 0.0155. The second-order valence-corrected chi connectivity index (χ2v) is 7.04. The zero-order valence-corrected chi connectivity index (χ0v) is 15.5. The Morgan fingerprint density at radius 2 is 2.19 bits per heavy atom. The summed E-state index contributed by atoms with van der Waals surface area (Å²) in [4.78, 5) is 14.8. The van der Waals surface area contributed by atoms with Gasteiger partial charge in [-0.2, -0.15) is 5.10 Å². The number of hydrogen-bond donors (Lipinski definition) is 2. The molecular weight excluding hydrogens is 346 g/mol. The molecule has 1 amide bonds. The number of nitrogens with zero attached hydrogens (tertiary/aromatic N) is 3. The number of rotatable bonds is 6. The number of morpholine rings is 1. The summed E-state index contributed by atoms with van der Waals surface area (Å²) in [5, 5.41) is 9.24. The van der Waals surface area contributed by atoms with Gasteiger partial charge < -0.3 is 20.2 Å². The van der Waals surface area contributed by atoms with Crippen molar-refractivity contribution >= 4 is 27.8 Å². The Balaban J connectivity index is 1.51. The number of amides is 1. The monoisotopic (exact) mass is 371 g/mol. The quantitative estimate of drug-likeness (QED) is 0.675. The average Bonchev–Trinajstić information content (AvgIpc) is 3.26. The van der Waals surface area contributed by atoms with Crippen LogP contribution in [0.25, 0.3) is 21.9 Å². The van der Waals surface area contributed by atoms with E-state index in [1.54, 1.807) is 6.07 Å². The number of carbonyl (C=O) groups excluding carboxylic acids is 1. The fourth-order valence-electron chi connectivity index (χ4n) is 3.46. The summed E-state index contributed by atoms with van der Waals surface area (Å²) in [5.74, 6) is 0.110. The van der Waals surface area contributed by atoms with Crippen LogP contribution in [-0.4, -0.2) is 66.0 Å². The number of fused-ring (bicyclic) bond motifs is 3. The summed E-state index contributed by atoms with van der Waals surface area (Å²) in [6.07, 6.45) is 1.81. The van der Waals surface area contributed by atoms with Crippen LogP contribution in [0.2, 0.25) is 0 Å². The summed E-state index contributed by atoms with van der Waals surface area (Å²) < 4.78 is 13.0. The van der Waals surface area contributed by atoms with Crippen molar-refractivity contribution < 1.29 is 13.9 Å². The van der Waals surface area contributed by atoms with Gasteiger partial charge in [-0.25, -0.2) is 0 Å². The van der Waals surface area contributed by atoms with E-state index in [0.29, 0.717) is 24.4 Å². The minimum atomic E-state index is -0.203. The lowest BCUT2D eigenvalue weighted by Crippen LogP contribution is -2.41. The van der Waals surface area contributed by atoms with E-state index in [0.717, 1.165) is 49.1 Å². The summed E-state index contributed by atoms with van der Waals surface area (Å²) >= 11 is 0. The van der Waals surface area contributed by atoms with Crippen molar-refractivity contribution in [3.05, 3.63) is 30.2 Å². The van der Waals surface area contributed by atoms with Crippen LogP contribution >= 0.6 is 0 Å². The van der Waals surface area contributed by atoms with E-state index in [4.69, 9.17) is 14.9 Å². The third kappa shape index (κ3) is 3.83. The number of furan rings is 1. The van der Waals surface area contributed by atoms with Crippen molar-refractivity contribution in [2.24, 2.45) is 5.73 Å². The molecule has 0 spiro atoms. The molecule has 1 aliphatic rings. The largest absolute Gasteiger partial charge is 0.451 e. The molecule has 144 valence electrons. The first-order valence-electron chi connectivity index (χ1n) is 9.34. The van der Waals surface area contributed by atoms with Gasteiger partial charge in [0, 0.05) is 43.0 Å². The van der Waals surface area contributed by atoms with Gasteiger partial charge in [-0.15, -0.1) is 0 Å². The van der Waals surface area contributed by atoms with Crippen molar-refractivity contribution in [2.75, 3.05) is 39.4 Å². The topological polar surface area (TPSA) is 98.6 Å². The van der Waals surface area contributed by atoms with Gasteiger partial charge in [-0.3, -0.25) is 14.4 Å². The maximum atomic E-state index is 12.5. The molecule has 2 aromatic heterocycles. The molecule has 0 radical (unpaired) electrons. The average molecular weight is 371 g/mol. The molecule has 8 heteroatoms. The molecule has 1 fully saturated rings. The third-order valence-electron chi connectivity index (χ3n) is 4.80. The summed E-state index contributed by atoms with van der Waals surface area (Å²) in [5.41, 5.74) is 7.55. The maximum Gasteiger partial charge on any atom is 0.287 e. The molecule has 0 saturated carbocycles. The number of carbonyl (C=O) groups is 1. The van der Waals surface area contributed by atoms with Gasteiger partial charge in [0.2, 0.25) is 0 Å². The molecule has 0 unspecified atom stereocenters. The molecule has 0 bridgehead atoms. The molecule has 8 nitrogen and oxygen atoms in total. The lowest BCUT2D eigenvalue weighted by molar-refractivity contribution is 0.0382. The van der Waals surface area contributed by atoms with Crippen LogP contribution in [0.15, 0.2) is 28.8 Å². The van der Waals surface area contributed by atoms with E-state index in [1.165, 1.54) is 0 Å². The normalized spacial score (nSPS) is 16.8. The Bertz CT molecular complexity index is 940. The van der Waals surface area contributed by atoms with Gasteiger partial charge in [-0.05, 0) is 25.1 Å². The Morgan fingerprint density at radius 1 is 1.37 bits per heavy atom. The first-order chi connectivity index (χ1) is 13.1. The van der Waals surface area contributed by atoms with Crippen molar-refractivity contribution in [3.8, 4) is 0 Å². The van der Waals surface area contributed by atoms with Gasteiger partial charge in [0.05, 0.1) is 31.5 Å². The number of ether oxygens (including phenoxy) is 1. The minimum Gasteiger partial charge on any atom is -0.451 e. The highest BCUT2D eigenvalue weighted by atomic mass is 16.5. The van der Waals surface area contributed by atoms with Crippen LogP contribution in [0, 0.1) is 0 Å². The predicted octanol–water partition coefficient (Wildman–Crippen LogP) is 1.19. The SMILES string of the molecule is C[C@H](N)Cn1ncc2ccc3oc(C(=O)NCCN4CCOCC4)cc3c21. The summed E-state index contributed by atoms with van der Waals surface area (Å²) in [7, 11) is 0. The van der Waals surface area contributed by atoms with E-state index < -0.39 is 0 Å². The van der Waals surface area contributed by atoms with Crippen molar-refractivity contribution in [3.63, 3.8) is 0 Å². The second-order valence-electron chi connectivity index (χ2n) is 7.04. The van der Waals surface area contributed by atoms with E-state index in [9.17, 15) is 4.79 Å². The molecule has 3 heterocycles. The van der Waals surface area contributed by atoms with Crippen molar-refractivity contribution in [1.29, 1.82) is 0 Å². The van der Waals surface area contributed by atoms with Crippen molar-refractivity contribution in [2.45, 2.75) is 19.5 Å². The van der Waals surface area contributed by atoms with Crippen LogP contribution in [0.4, 0.5) is 0 Å². The van der Waals surface area contributed by atoms with Crippen LogP contribution in [-0.2, 0) is 11.3 Å². The van der Waals surface area contributed by atoms with Crippen LogP contribution < -0.4 is 11.1 Å². The number of benzene rings is 1. The van der Waals surface area contributed by atoms with Crippen LogP contribution in [0.5, 0.6) is 0 Å². The standard InChI is InChI=1S/C19H25N5O3/c1-13(20)12-24-18-14(11-22-24)2-3-16-15(18)10-17(27-16)19(25)21-4-5-23-6-8-26-9-7-23/h2-3,10-11,13H,4-9,12,20H2,1H3,(H,21,25)/t13-/m0/s1. The fraction of sp³-hybridized carbons (Fsp3) is 0.474. The molecule has 0 aliphatic carbocycles. The molecule has 27 heavy (non-hydrogen) atoms. The smallest absolute Gasteiger partial charge is 0.287 e. The van der Waals surface area contributed by atoms with Crippen LogP contribution in [0.3, 0.4) is 0 Å². The Morgan fingerprint density at radius 3 is 2.96 bits per heavy atom. The molecule has 3 N–H and O–H groups in total. The number of nitrogens with one attached hydrogen (secondary N) is 1. The van der Waals surface area contributed by atoms with E-state index in [2.05, 4.69) is 15.3 Å². The van der Waals surface area contributed by atoms with Crippen molar-refractivity contribution in [1.82, 2.24) is 20.0 Å². The van der Waals surface area contributed by atoms with E-state index in [-0.39, 0.29) is 11.9 Å². The zero-order valence-electron chi connectivity index (χ0n) is 15.5. The first-order valence-corrected chi connectivity index (χ1v) is 9.34. The van der Waals surface area contributed by atoms with Gasteiger partial charge in [-0.1, -0.05) is 0 Å². The highest BCUT2D eigenvalue weighted by Gasteiger charge is 2.17. The zero-order chi connectivity index (χ0) is 18.8. The molecule has 4 rings (SSSR count). The fourth-order valence-corrected chi connectivity index (χ4v) is 3.46. The van der Waals surface area contributed by atoms with Gasteiger partial charge in [0.15, 0.2) is 5.76 Å². The third-order valence-corrected chi connectivity index (χ3v) is 4.80. The molecule has 1 saturated heterocycles. The van der Waals surface area contributed by atoms with Crippen LogP contribution in [0.1, 0.15) is 17.5 Å². The molecular formula is C19H25N5O3. The Kier molecular flexibility index (Phi) is 5.11. The Labute approximate surface area is 157 Å². The lowest BCUT2D eigenvalue weighted by atomic mass is 10.2. The number of aromatic nitrogens is 2. The molecule has 1 aliphatic heterocycles. The predicted molar refractivity (Wildman–Crippen MR) is 103 cm³/mol. The highest BCUT2D eigenvalue weighted by Crippen LogP contribution is 2.28. The van der Waals surface area contributed by atoms with Gasteiger partial charge in [0.1, 0.15) is 5.58 Å². The lowest BCUT2D eigenvalue weighted by Gasteiger charge is -2.26. The van der Waals surface area contributed by atoms with Gasteiger partial charge in [0.25, 0.3) is 5.91 Å². The number of hydrogen-bond acceptors (Lipinski definition) is 6. The summed E-state index contributed by atoms with van der Waals surface area (Å²) in [6, 6.07) is 5.60.